The lowest BCUT2D eigenvalue weighted by atomic mass is 10.1. The number of halogens is 2. The molecule has 0 heterocycles. The van der Waals surface area contributed by atoms with Gasteiger partial charge in [0, 0.05) is 38.6 Å². The molecule has 3 aromatic carbocycles. The van der Waals surface area contributed by atoms with Gasteiger partial charge in [0.05, 0.1) is 0 Å². The van der Waals surface area contributed by atoms with Crippen molar-refractivity contribution in [3.8, 4) is 5.75 Å². The molecular weight excluding hydrogens is 305 g/mol. The summed E-state index contributed by atoms with van der Waals surface area (Å²) < 4.78 is 0. The monoisotopic (exact) mass is 317 g/mol. The van der Waals surface area contributed by atoms with Crippen LogP contribution < -0.4 is 5.32 Å². The van der Waals surface area contributed by atoms with Gasteiger partial charge in [-0.25, -0.2) is 0 Å². The Balaban J connectivity index is 1.94. The van der Waals surface area contributed by atoms with E-state index in [1.165, 1.54) is 0 Å². The van der Waals surface area contributed by atoms with Crippen LogP contribution in [0.5, 0.6) is 5.75 Å². The summed E-state index contributed by atoms with van der Waals surface area (Å²) in [7, 11) is 0. The number of phenolic OH excluding ortho intramolecular Hbond substituents is 1. The van der Waals surface area contributed by atoms with E-state index in [1.54, 1.807) is 6.07 Å². The molecule has 2 nitrogen and oxygen atoms in total. The van der Waals surface area contributed by atoms with Crippen LogP contribution >= 0.6 is 23.2 Å². The van der Waals surface area contributed by atoms with E-state index in [2.05, 4.69) is 5.32 Å². The molecule has 0 unspecified atom stereocenters. The van der Waals surface area contributed by atoms with Gasteiger partial charge in [0.25, 0.3) is 0 Å². The third-order valence-corrected chi connectivity index (χ3v) is 4.12. The van der Waals surface area contributed by atoms with E-state index in [-0.39, 0.29) is 5.75 Å². The van der Waals surface area contributed by atoms with Crippen LogP contribution in [0, 0.1) is 0 Å². The molecule has 0 aromatic heterocycles. The van der Waals surface area contributed by atoms with Crippen molar-refractivity contribution in [3.05, 3.63) is 70.2 Å². The molecule has 0 amide bonds. The standard InChI is InChI=1S/C17H13Cl2NO/c18-14-6-3-7-15(19)13(14)10-20-16-8-1-5-12-11(16)4-2-9-17(12)21/h1-9,20-21H,10H2. The van der Waals surface area contributed by atoms with Gasteiger partial charge in [-0.1, -0.05) is 53.5 Å². The lowest BCUT2D eigenvalue weighted by Crippen LogP contribution is -2.01. The second-order valence-corrected chi connectivity index (χ2v) is 5.55. The highest BCUT2D eigenvalue weighted by molar-refractivity contribution is 6.36. The first-order valence-electron chi connectivity index (χ1n) is 6.54. The predicted octanol–water partition coefficient (Wildman–Crippen LogP) is 5.46. The van der Waals surface area contributed by atoms with E-state index in [1.807, 2.05) is 48.5 Å². The summed E-state index contributed by atoms with van der Waals surface area (Å²) in [4.78, 5) is 0. The zero-order valence-corrected chi connectivity index (χ0v) is 12.6. The van der Waals surface area contributed by atoms with E-state index >= 15 is 0 Å². The maximum atomic E-state index is 9.90. The van der Waals surface area contributed by atoms with Gasteiger partial charge in [-0.15, -0.1) is 0 Å². The lowest BCUT2D eigenvalue weighted by Gasteiger charge is -2.12. The third kappa shape index (κ3) is 2.78. The Morgan fingerprint density at radius 1 is 0.810 bits per heavy atom. The zero-order chi connectivity index (χ0) is 14.8. The molecule has 2 N–H and O–H groups in total. The molecule has 0 radical (unpaired) electrons. The molecule has 0 aliphatic heterocycles. The van der Waals surface area contributed by atoms with E-state index in [9.17, 15) is 5.11 Å². The van der Waals surface area contributed by atoms with Gasteiger partial charge in [-0.2, -0.15) is 0 Å². The van der Waals surface area contributed by atoms with Crippen molar-refractivity contribution >= 4 is 39.7 Å². The van der Waals surface area contributed by atoms with E-state index in [0.717, 1.165) is 22.0 Å². The van der Waals surface area contributed by atoms with Crippen LogP contribution in [0.2, 0.25) is 10.0 Å². The number of fused-ring (bicyclic) bond motifs is 1. The average Bonchev–Trinajstić information content (AvgIpc) is 2.47. The third-order valence-electron chi connectivity index (χ3n) is 3.42. The van der Waals surface area contributed by atoms with E-state index in [0.29, 0.717) is 16.6 Å². The molecule has 0 bridgehead atoms. The Morgan fingerprint density at radius 2 is 1.43 bits per heavy atom. The van der Waals surface area contributed by atoms with Crippen molar-refractivity contribution in [1.82, 2.24) is 0 Å². The molecule has 0 aliphatic carbocycles. The van der Waals surface area contributed by atoms with Crippen LogP contribution in [-0.2, 0) is 6.54 Å². The quantitative estimate of drug-likeness (QED) is 0.671. The van der Waals surface area contributed by atoms with Crippen LogP contribution in [0.25, 0.3) is 10.8 Å². The van der Waals surface area contributed by atoms with Crippen molar-refractivity contribution in [2.45, 2.75) is 6.54 Å². The number of benzene rings is 3. The maximum Gasteiger partial charge on any atom is 0.123 e. The average molecular weight is 318 g/mol. The Bertz CT molecular complexity index is 782. The number of hydrogen-bond acceptors (Lipinski definition) is 2. The Labute approximate surface area is 132 Å². The highest BCUT2D eigenvalue weighted by Gasteiger charge is 2.07. The minimum absolute atomic E-state index is 0.270. The first-order valence-corrected chi connectivity index (χ1v) is 7.30. The smallest absolute Gasteiger partial charge is 0.123 e. The summed E-state index contributed by atoms with van der Waals surface area (Å²) in [6, 6.07) is 16.7. The topological polar surface area (TPSA) is 32.3 Å². The number of hydrogen-bond donors (Lipinski definition) is 2. The molecule has 0 aliphatic rings. The summed E-state index contributed by atoms with van der Waals surface area (Å²) in [6.07, 6.45) is 0. The molecule has 0 spiro atoms. The molecule has 0 saturated carbocycles. The van der Waals surface area contributed by atoms with Crippen LogP contribution in [-0.4, -0.2) is 5.11 Å². The van der Waals surface area contributed by atoms with Crippen LogP contribution in [0.4, 0.5) is 5.69 Å². The van der Waals surface area contributed by atoms with Crippen molar-refractivity contribution < 1.29 is 5.11 Å². The second kappa shape index (κ2) is 5.84. The molecule has 0 saturated heterocycles. The normalized spacial score (nSPS) is 10.8. The fourth-order valence-corrected chi connectivity index (χ4v) is 2.86. The minimum atomic E-state index is 0.270. The molecular formula is C17H13Cl2NO. The lowest BCUT2D eigenvalue weighted by molar-refractivity contribution is 0.481. The fourth-order valence-electron chi connectivity index (χ4n) is 2.33. The number of nitrogens with one attached hydrogen (secondary N) is 1. The first kappa shape index (κ1) is 14.1. The van der Waals surface area contributed by atoms with Gasteiger partial charge in [-0.3, -0.25) is 0 Å². The number of aromatic hydroxyl groups is 1. The van der Waals surface area contributed by atoms with Crippen molar-refractivity contribution in [2.75, 3.05) is 5.32 Å². The maximum absolute atomic E-state index is 9.90. The van der Waals surface area contributed by atoms with Crippen LogP contribution in [0.3, 0.4) is 0 Å². The second-order valence-electron chi connectivity index (χ2n) is 4.73. The SMILES string of the molecule is Oc1cccc2c(NCc3c(Cl)cccc3Cl)cccc12. The zero-order valence-electron chi connectivity index (χ0n) is 11.1. The Hall–Kier alpha value is -1.90. The largest absolute Gasteiger partial charge is 0.507 e. The Morgan fingerprint density at radius 3 is 2.19 bits per heavy atom. The molecule has 106 valence electrons. The minimum Gasteiger partial charge on any atom is -0.507 e. The molecule has 0 fully saturated rings. The summed E-state index contributed by atoms with van der Waals surface area (Å²) >= 11 is 12.3. The molecule has 21 heavy (non-hydrogen) atoms. The molecule has 3 rings (SSSR count). The number of rotatable bonds is 3. The van der Waals surface area contributed by atoms with Gasteiger partial charge >= 0.3 is 0 Å². The van der Waals surface area contributed by atoms with E-state index < -0.39 is 0 Å². The van der Waals surface area contributed by atoms with Gasteiger partial charge in [0.1, 0.15) is 5.75 Å². The van der Waals surface area contributed by atoms with Gasteiger partial charge in [0.2, 0.25) is 0 Å². The van der Waals surface area contributed by atoms with Gasteiger partial charge in [0.15, 0.2) is 0 Å². The fraction of sp³-hybridized carbons (Fsp3) is 0.0588. The van der Waals surface area contributed by atoms with Crippen molar-refractivity contribution in [1.29, 1.82) is 0 Å². The van der Waals surface area contributed by atoms with E-state index in [4.69, 9.17) is 23.2 Å². The van der Waals surface area contributed by atoms with Crippen LogP contribution in [0.15, 0.2) is 54.6 Å². The summed E-state index contributed by atoms with van der Waals surface area (Å²) in [5.41, 5.74) is 1.79. The number of phenols is 1. The molecule has 0 atom stereocenters. The van der Waals surface area contributed by atoms with Gasteiger partial charge < -0.3 is 10.4 Å². The summed E-state index contributed by atoms with van der Waals surface area (Å²) in [6.45, 7) is 0.521. The summed E-state index contributed by atoms with van der Waals surface area (Å²) in [5.74, 6) is 0.270. The molecule has 4 heteroatoms. The number of anilines is 1. The summed E-state index contributed by atoms with van der Waals surface area (Å²) in [5, 5.41) is 16.3. The Kier molecular flexibility index (Phi) is 3.91. The highest BCUT2D eigenvalue weighted by atomic mass is 35.5. The molecule has 3 aromatic rings. The highest BCUT2D eigenvalue weighted by Crippen LogP contribution is 2.31. The van der Waals surface area contributed by atoms with Crippen molar-refractivity contribution in [2.24, 2.45) is 0 Å². The van der Waals surface area contributed by atoms with Crippen molar-refractivity contribution in [3.63, 3.8) is 0 Å². The van der Waals surface area contributed by atoms with Gasteiger partial charge in [-0.05, 0) is 24.3 Å². The van der Waals surface area contributed by atoms with Crippen LogP contribution in [0.1, 0.15) is 5.56 Å². The predicted molar refractivity (Wildman–Crippen MR) is 89.4 cm³/mol. The first-order chi connectivity index (χ1) is 10.2.